The van der Waals surface area contributed by atoms with Gasteiger partial charge in [-0.3, -0.25) is 0 Å². The lowest BCUT2D eigenvalue weighted by Gasteiger charge is -2.28. The summed E-state index contributed by atoms with van der Waals surface area (Å²) in [5.41, 5.74) is 0.559. The third-order valence-electron chi connectivity index (χ3n) is 3.06. The SMILES string of the molecule is COC([SiH3])(OC)c1cccc2ccccc12. The summed E-state index contributed by atoms with van der Waals surface area (Å²) < 4.78 is 11.0. The first kappa shape index (κ1) is 11.3. The molecule has 0 aliphatic rings. The Morgan fingerprint density at radius 2 is 1.56 bits per heavy atom. The molecule has 0 aromatic heterocycles. The Kier molecular flexibility index (Phi) is 3.09. The van der Waals surface area contributed by atoms with Crippen molar-refractivity contribution in [1.82, 2.24) is 0 Å². The molecule has 2 aromatic carbocycles. The van der Waals surface area contributed by atoms with Crippen LogP contribution in [-0.2, 0) is 14.9 Å². The molecule has 0 aliphatic carbocycles. The van der Waals surface area contributed by atoms with E-state index >= 15 is 0 Å². The van der Waals surface area contributed by atoms with Crippen LogP contribution in [0.1, 0.15) is 5.56 Å². The predicted octanol–water partition coefficient (Wildman–Crippen LogP) is 1.61. The molecular formula is C13H16O2Si. The highest BCUT2D eigenvalue weighted by Crippen LogP contribution is 2.29. The summed E-state index contributed by atoms with van der Waals surface area (Å²) in [7, 11) is 4.17. The summed E-state index contributed by atoms with van der Waals surface area (Å²) in [5.74, 6) is 0. The fraction of sp³-hybridized carbons (Fsp3) is 0.231. The molecule has 0 spiro atoms. The van der Waals surface area contributed by atoms with Crippen LogP contribution < -0.4 is 0 Å². The Morgan fingerprint density at radius 1 is 0.938 bits per heavy atom. The second-order valence-electron chi connectivity index (χ2n) is 3.88. The van der Waals surface area contributed by atoms with Crippen LogP contribution in [0.2, 0.25) is 0 Å². The molecule has 0 radical (unpaired) electrons. The van der Waals surface area contributed by atoms with Crippen molar-refractivity contribution in [3.63, 3.8) is 0 Å². The molecule has 84 valence electrons. The highest BCUT2D eigenvalue weighted by atomic mass is 28.1. The van der Waals surface area contributed by atoms with Crippen molar-refractivity contribution in [2.45, 2.75) is 5.41 Å². The van der Waals surface area contributed by atoms with Gasteiger partial charge in [-0.05, 0) is 10.8 Å². The molecule has 2 nitrogen and oxygen atoms in total. The zero-order chi connectivity index (χ0) is 11.6. The van der Waals surface area contributed by atoms with E-state index in [0.717, 1.165) is 15.8 Å². The second-order valence-corrected chi connectivity index (χ2v) is 5.20. The number of hydrogen-bond acceptors (Lipinski definition) is 2. The Morgan fingerprint density at radius 3 is 2.25 bits per heavy atom. The highest BCUT2D eigenvalue weighted by molar-refractivity contribution is 6.15. The number of ether oxygens (including phenoxy) is 2. The maximum Gasteiger partial charge on any atom is 0.166 e. The van der Waals surface area contributed by atoms with Crippen LogP contribution in [0.3, 0.4) is 0 Å². The van der Waals surface area contributed by atoms with Crippen molar-refractivity contribution in [3.8, 4) is 0 Å². The predicted molar refractivity (Wildman–Crippen MR) is 69.6 cm³/mol. The normalized spacial score (nSPS) is 12.1. The van der Waals surface area contributed by atoms with Gasteiger partial charge in [0, 0.05) is 19.8 Å². The monoisotopic (exact) mass is 232 g/mol. The number of fused-ring (bicyclic) bond motifs is 1. The lowest BCUT2D eigenvalue weighted by atomic mass is 10.0. The molecule has 3 heteroatoms. The first-order valence-electron chi connectivity index (χ1n) is 5.30. The summed E-state index contributed by atoms with van der Waals surface area (Å²) in [5, 5.41) is 2.41. The van der Waals surface area contributed by atoms with Gasteiger partial charge in [0.2, 0.25) is 0 Å². The summed E-state index contributed by atoms with van der Waals surface area (Å²) in [6.45, 7) is 0. The number of methoxy groups -OCH3 is 2. The zero-order valence-corrected chi connectivity index (χ0v) is 11.9. The van der Waals surface area contributed by atoms with Crippen LogP contribution in [0.25, 0.3) is 10.8 Å². The topological polar surface area (TPSA) is 18.5 Å². The van der Waals surface area contributed by atoms with Gasteiger partial charge in [-0.1, -0.05) is 42.5 Å². The molecular weight excluding hydrogens is 216 g/mol. The minimum absolute atomic E-state index is 0.555. The van der Waals surface area contributed by atoms with E-state index in [1.165, 1.54) is 10.8 Å². The van der Waals surface area contributed by atoms with Gasteiger partial charge in [-0.15, -0.1) is 0 Å². The average molecular weight is 232 g/mol. The van der Waals surface area contributed by atoms with Crippen molar-refractivity contribution < 1.29 is 9.47 Å². The molecule has 0 N–H and O–H groups in total. The fourth-order valence-electron chi connectivity index (χ4n) is 1.92. The van der Waals surface area contributed by atoms with Gasteiger partial charge in [0.15, 0.2) is 5.41 Å². The van der Waals surface area contributed by atoms with Gasteiger partial charge < -0.3 is 9.47 Å². The van der Waals surface area contributed by atoms with Crippen molar-refractivity contribution >= 4 is 21.0 Å². The standard InChI is InChI=1S/C13H16O2Si/c1-14-13(16,15-2)12-9-5-7-10-6-3-4-8-11(10)12/h3-9H,1-2,16H3. The van der Waals surface area contributed by atoms with E-state index in [9.17, 15) is 0 Å². The van der Waals surface area contributed by atoms with Gasteiger partial charge in [-0.25, -0.2) is 0 Å². The lowest BCUT2D eigenvalue weighted by molar-refractivity contribution is -0.147. The molecule has 0 aliphatic heterocycles. The summed E-state index contributed by atoms with van der Waals surface area (Å²) in [4.78, 5) is 0. The quantitative estimate of drug-likeness (QED) is 0.591. The summed E-state index contributed by atoms with van der Waals surface area (Å²) >= 11 is 0. The van der Waals surface area contributed by atoms with E-state index in [2.05, 4.69) is 24.3 Å². The molecule has 0 amide bonds. The van der Waals surface area contributed by atoms with Gasteiger partial charge in [-0.2, -0.15) is 0 Å². The second kappa shape index (κ2) is 4.37. The smallest absolute Gasteiger partial charge is 0.166 e. The van der Waals surface area contributed by atoms with Crippen LogP contribution in [-0.4, -0.2) is 24.5 Å². The zero-order valence-electron chi connectivity index (χ0n) is 9.86. The largest absolute Gasteiger partial charge is 0.354 e. The van der Waals surface area contributed by atoms with Crippen molar-refractivity contribution in [1.29, 1.82) is 0 Å². The maximum atomic E-state index is 5.52. The lowest BCUT2D eigenvalue weighted by Crippen LogP contribution is -2.31. The average Bonchev–Trinajstić information content (AvgIpc) is 2.37. The highest BCUT2D eigenvalue weighted by Gasteiger charge is 2.26. The Hall–Kier alpha value is -1.16. The number of rotatable bonds is 3. The van der Waals surface area contributed by atoms with Gasteiger partial charge in [0.05, 0.1) is 10.2 Å². The molecule has 0 fully saturated rings. The Bertz CT molecular complexity index is 487. The summed E-state index contributed by atoms with van der Waals surface area (Å²) in [6.07, 6.45) is 0. The molecule has 0 heterocycles. The van der Waals surface area contributed by atoms with E-state index in [1.807, 2.05) is 18.2 Å². The molecule has 0 bridgehead atoms. The number of benzene rings is 2. The van der Waals surface area contributed by atoms with Crippen molar-refractivity contribution in [2.75, 3.05) is 14.2 Å². The molecule has 2 rings (SSSR count). The van der Waals surface area contributed by atoms with Crippen molar-refractivity contribution in [2.24, 2.45) is 0 Å². The number of hydrogen-bond donors (Lipinski definition) is 0. The van der Waals surface area contributed by atoms with E-state index in [0.29, 0.717) is 0 Å². The minimum Gasteiger partial charge on any atom is -0.354 e. The van der Waals surface area contributed by atoms with Gasteiger partial charge >= 0.3 is 0 Å². The Balaban J connectivity index is 2.69. The van der Waals surface area contributed by atoms with Crippen LogP contribution in [0.4, 0.5) is 0 Å². The first-order chi connectivity index (χ1) is 7.71. The van der Waals surface area contributed by atoms with Crippen LogP contribution in [0, 0.1) is 0 Å². The van der Waals surface area contributed by atoms with Crippen LogP contribution in [0.5, 0.6) is 0 Å². The van der Waals surface area contributed by atoms with E-state index in [4.69, 9.17) is 9.47 Å². The minimum atomic E-state index is -0.555. The molecule has 0 saturated carbocycles. The Labute approximate surface area is 98.6 Å². The molecule has 0 saturated heterocycles. The molecule has 2 aromatic rings. The van der Waals surface area contributed by atoms with E-state index in [-0.39, 0.29) is 0 Å². The molecule has 0 atom stereocenters. The van der Waals surface area contributed by atoms with Gasteiger partial charge in [0.25, 0.3) is 0 Å². The van der Waals surface area contributed by atoms with E-state index in [1.54, 1.807) is 14.2 Å². The van der Waals surface area contributed by atoms with Gasteiger partial charge in [0.1, 0.15) is 0 Å². The van der Waals surface area contributed by atoms with E-state index < -0.39 is 5.41 Å². The molecule has 0 unspecified atom stereocenters. The van der Waals surface area contributed by atoms with Crippen molar-refractivity contribution in [3.05, 3.63) is 48.0 Å². The maximum absolute atomic E-state index is 5.52. The van der Waals surface area contributed by atoms with Crippen LogP contribution in [0.15, 0.2) is 42.5 Å². The summed E-state index contributed by atoms with van der Waals surface area (Å²) in [6, 6.07) is 14.5. The van der Waals surface area contributed by atoms with Crippen LogP contribution >= 0.6 is 0 Å². The molecule has 16 heavy (non-hydrogen) atoms. The first-order valence-corrected chi connectivity index (χ1v) is 6.30. The third-order valence-corrected chi connectivity index (χ3v) is 4.41. The fourth-order valence-corrected chi connectivity index (χ4v) is 2.36. The third kappa shape index (κ3) is 1.77.